The molecule has 2 aromatic carbocycles. The second-order valence-electron chi connectivity index (χ2n) is 7.20. The lowest BCUT2D eigenvalue weighted by molar-refractivity contribution is 0.122. The number of rotatable bonds is 7. The number of ether oxygens (including phenoxy) is 1. The summed E-state index contributed by atoms with van der Waals surface area (Å²) in [7, 11) is 2.07. The van der Waals surface area contributed by atoms with E-state index in [-0.39, 0.29) is 0 Å². The average Bonchev–Trinajstić information content (AvgIpc) is 3.16. The molecule has 0 spiro atoms. The minimum Gasteiger partial charge on any atom is -0.378 e. The van der Waals surface area contributed by atoms with Crippen molar-refractivity contribution in [2.24, 2.45) is 0 Å². The van der Waals surface area contributed by atoms with Crippen LogP contribution in [-0.2, 0) is 24.2 Å². The molecule has 1 fully saturated rings. The molecule has 4 rings (SSSR count). The van der Waals surface area contributed by atoms with Gasteiger partial charge in [-0.25, -0.2) is 0 Å². The topological polar surface area (TPSA) is 54.6 Å². The predicted molar refractivity (Wildman–Crippen MR) is 108 cm³/mol. The normalized spacial score (nSPS) is 14.6. The van der Waals surface area contributed by atoms with Crippen LogP contribution in [0, 0.1) is 0 Å². The van der Waals surface area contributed by atoms with E-state index in [9.17, 15) is 0 Å². The van der Waals surface area contributed by atoms with Gasteiger partial charge in [0.05, 0.1) is 19.8 Å². The van der Waals surface area contributed by atoms with Gasteiger partial charge in [-0.2, -0.15) is 4.98 Å². The van der Waals surface area contributed by atoms with E-state index in [4.69, 9.17) is 9.26 Å². The molecule has 6 nitrogen and oxygen atoms in total. The van der Waals surface area contributed by atoms with Gasteiger partial charge in [0.2, 0.25) is 5.89 Å². The third-order valence-electron chi connectivity index (χ3n) is 4.89. The van der Waals surface area contributed by atoms with Gasteiger partial charge in [-0.05, 0) is 30.3 Å². The first-order chi connectivity index (χ1) is 13.8. The first-order valence-corrected chi connectivity index (χ1v) is 9.72. The Labute approximate surface area is 165 Å². The number of benzene rings is 2. The molecule has 0 unspecified atom stereocenters. The minimum absolute atomic E-state index is 0.632. The highest BCUT2D eigenvalue weighted by molar-refractivity contribution is 5.47. The van der Waals surface area contributed by atoms with Gasteiger partial charge >= 0.3 is 0 Å². The standard InChI is InChI=1S/C22H26N4O2/c1-25(16-19-7-9-20(10-8-19)26-11-13-27-14-12-26)17-22-23-21(24-28-22)15-18-5-3-2-4-6-18/h2-10H,11-17H2,1H3. The predicted octanol–water partition coefficient (Wildman–Crippen LogP) is 3.13. The molecule has 0 saturated carbocycles. The Hall–Kier alpha value is -2.70. The quantitative estimate of drug-likeness (QED) is 0.630. The summed E-state index contributed by atoms with van der Waals surface area (Å²) in [5.74, 6) is 1.38. The molecule has 1 aliphatic heterocycles. The number of nitrogens with zero attached hydrogens (tertiary/aromatic N) is 4. The molecule has 0 bridgehead atoms. The Morgan fingerprint density at radius 1 is 0.929 bits per heavy atom. The minimum atomic E-state index is 0.632. The summed E-state index contributed by atoms with van der Waals surface area (Å²) >= 11 is 0. The molecule has 6 heteroatoms. The van der Waals surface area contributed by atoms with Crippen LogP contribution in [0.3, 0.4) is 0 Å². The van der Waals surface area contributed by atoms with Crippen LogP contribution in [0.2, 0.25) is 0 Å². The number of morpholine rings is 1. The highest BCUT2D eigenvalue weighted by atomic mass is 16.5. The largest absolute Gasteiger partial charge is 0.378 e. The molecule has 0 aliphatic carbocycles. The Balaban J connectivity index is 1.30. The summed E-state index contributed by atoms with van der Waals surface area (Å²) in [6.45, 7) is 5.00. The van der Waals surface area contributed by atoms with E-state index in [0.717, 1.165) is 38.7 Å². The van der Waals surface area contributed by atoms with Crippen molar-refractivity contribution in [1.29, 1.82) is 0 Å². The smallest absolute Gasteiger partial charge is 0.240 e. The molecule has 3 aromatic rings. The molecular weight excluding hydrogens is 352 g/mol. The van der Waals surface area contributed by atoms with Crippen LogP contribution >= 0.6 is 0 Å². The highest BCUT2D eigenvalue weighted by Crippen LogP contribution is 2.18. The fourth-order valence-corrected chi connectivity index (χ4v) is 3.44. The van der Waals surface area contributed by atoms with Gasteiger partial charge in [-0.3, -0.25) is 4.90 Å². The molecule has 1 aromatic heterocycles. The monoisotopic (exact) mass is 378 g/mol. The summed E-state index contributed by atoms with van der Waals surface area (Å²) in [6, 6.07) is 19.0. The zero-order chi connectivity index (χ0) is 19.2. The van der Waals surface area contributed by atoms with Gasteiger partial charge in [0.15, 0.2) is 5.82 Å². The Morgan fingerprint density at radius 3 is 2.43 bits per heavy atom. The summed E-state index contributed by atoms with van der Waals surface area (Å²) < 4.78 is 10.8. The van der Waals surface area contributed by atoms with Crippen molar-refractivity contribution in [3.8, 4) is 0 Å². The third-order valence-corrected chi connectivity index (χ3v) is 4.89. The van der Waals surface area contributed by atoms with Crippen molar-refractivity contribution in [3.05, 3.63) is 77.4 Å². The van der Waals surface area contributed by atoms with Crippen molar-refractivity contribution in [2.75, 3.05) is 38.3 Å². The fraction of sp³-hybridized carbons (Fsp3) is 0.364. The third kappa shape index (κ3) is 4.97. The van der Waals surface area contributed by atoms with Crippen LogP contribution in [-0.4, -0.2) is 48.4 Å². The Morgan fingerprint density at radius 2 is 1.68 bits per heavy atom. The van der Waals surface area contributed by atoms with Gasteiger partial charge in [-0.15, -0.1) is 0 Å². The van der Waals surface area contributed by atoms with E-state index in [0.29, 0.717) is 18.9 Å². The highest BCUT2D eigenvalue weighted by Gasteiger charge is 2.12. The van der Waals surface area contributed by atoms with Gasteiger partial charge in [0.1, 0.15) is 0 Å². The maximum Gasteiger partial charge on any atom is 0.240 e. The molecule has 0 N–H and O–H groups in total. The molecule has 0 amide bonds. The van der Waals surface area contributed by atoms with Crippen molar-refractivity contribution in [2.45, 2.75) is 19.5 Å². The van der Waals surface area contributed by atoms with Crippen molar-refractivity contribution in [3.63, 3.8) is 0 Å². The lowest BCUT2D eigenvalue weighted by atomic mass is 10.1. The summed E-state index contributed by atoms with van der Waals surface area (Å²) in [4.78, 5) is 9.07. The summed E-state index contributed by atoms with van der Waals surface area (Å²) in [5, 5.41) is 4.11. The second kappa shape index (κ2) is 8.99. The van der Waals surface area contributed by atoms with Gasteiger partial charge in [0, 0.05) is 31.7 Å². The SMILES string of the molecule is CN(Cc1ccc(N2CCOCC2)cc1)Cc1nc(Cc2ccccc2)no1. The number of hydrogen-bond acceptors (Lipinski definition) is 6. The van der Waals surface area contributed by atoms with Crippen molar-refractivity contribution >= 4 is 5.69 Å². The van der Waals surface area contributed by atoms with E-state index >= 15 is 0 Å². The van der Waals surface area contributed by atoms with E-state index in [1.807, 2.05) is 18.2 Å². The molecule has 1 aliphatic rings. The van der Waals surface area contributed by atoms with Crippen LogP contribution in [0.15, 0.2) is 59.1 Å². The molecule has 28 heavy (non-hydrogen) atoms. The first kappa shape index (κ1) is 18.7. The van der Waals surface area contributed by atoms with Crippen molar-refractivity contribution < 1.29 is 9.26 Å². The zero-order valence-electron chi connectivity index (χ0n) is 16.3. The number of hydrogen-bond donors (Lipinski definition) is 0. The molecule has 1 saturated heterocycles. The average molecular weight is 378 g/mol. The molecular formula is C22H26N4O2. The van der Waals surface area contributed by atoms with Gasteiger partial charge in [-0.1, -0.05) is 47.6 Å². The van der Waals surface area contributed by atoms with E-state index in [2.05, 4.69) is 63.4 Å². The number of aromatic nitrogens is 2. The summed E-state index contributed by atoms with van der Waals surface area (Å²) in [5.41, 5.74) is 3.71. The van der Waals surface area contributed by atoms with Crippen LogP contribution in [0.1, 0.15) is 22.8 Å². The van der Waals surface area contributed by atoms with Crippen LogP contribution < -0.4 is 4.90 Å². The van der Waals surface area contributed by atoms with Gasteiger partial charge < -0.3 is 14.2 Å². The van der Waals surface area contributed by atoms with E-state index < -0.39 is 0 Å². The van der Waals surface area contributed by atoms with Crippen LogP contribution in [0.4, 0.5) is 5.69 Å². The Kier molecular flexibility index (Phi) is 5.99. The first-order valence-electron chi connectivity index (χ1n) is 9.72. The van der Waals surface area contributed by atoms with E-state index in [1.54, 1.807) is 0 Å². The summed E-state index contributed by atoms with van der Waals surface area (Å²) in [6.07, 6.45) is 0.692. The zero-order valence-corrected chi connectivity index (χ0v) is 16.3. The lowest BCUT2D eigenvalue weighted by Gasteiger charge is -2.29. The lowest BCUT2D eigenvalue weighted by Crippen LogP contribution is -2.36. The van der Waals surface area contributed by atoms with Crippen molar-refractivity contribution in [1.82, 2.24) is 15.0 Å². The molecule has 2 heterocycles. The second-order valence-corrected chi connectivity index (χ2v) is 7.20. The fourth-order valence-electron chi connectivity index (χ4n) is 3.44. The maximum absolute atomic E-state index is 5.42. The number of anilines is 1. The molecule has 0 atom stereocenters. The van der Waals surface area contributed by atoms with E-state index in [1.165, 1.54) is 16.8 Å². The van der Waals surface area contributed by atoms with Crippen LogP contribution in [0.25, 0.3) is 0 Å². The molecule has 0 radical (unpaired) electrons. The van der Waals surface area contributed by atoms with Crippen LogP contribution in [0.5, 0.6) is 0 Å². The molecule has 146 valence electrons. The maximum atomic E-state index is 5.42. The van der Waals surface area contributed by atoms with Gasteiger partial charge in [0.25, 0.3) is 0 Å². The Bertz CT molecular complexity index is 858.